The molecule has 0 heterocycles. The van der Waals surface area contributed by atoms with Crippen molar-refractivity contribution in [2.75, 3.05) is 0 Å². The molecule has 2 unspecified atom stereocenters. The molecule has 0 amide bonds. The Labute approximate surface area is 97.8 Å². The van der Waals surface area contributed by atoms with E-state index in [1.807, 2.05) is 0 Å². The van der Waals surface area contributed by atoms with Gasteiger partial charge >= 0.3 is 0 Å². The van der Waals surface area contributed by atoms with Crippen LogP contribution in [0.15, 0.2) is 0 Å². The lowest BCUT2D eigenvalue weighted by Crippen LogP contribution is -2.16. The summed E-state index contributed by atoms with van der Waals surface area (Å²) in [6.45, 7) is 14.3. The smallest absolute Gasteiger partial charge is 0.0352 e. The van der Waals surface area contributed by atoms with E-state index in [-0.39, 0.29) is 0 Å². The monoisotopic (exact) mass is 212 g/mol. The van der Waals surface area contributed by atoms with Crippen molar-refractivity contribution >= 4 is 0 Å². The fourth-order valence-electron chi connectivity index (χ4n) is 2.48. The highest BCUT2D eigenvalue weighted by Crippen LogP contribution is 2.33. The summed E-state index contributed by atoms with van der Waals surface area (Å²) in [5, 5.41) is 0. The quantitative estimate of drug-likeness (QED) is 0.486. The zero-order valence-corrected chi connectivity index (χ0v) is 11.9. The molecule has 0 aliphatic rings. The highest BCUT2D eigenvalue weighted by Gasteiger charge is 2.21. The van der Waals surface area contributed by atoms with Crippen LogP contribution in [0.5, 0.6) is 0 Å². The van der Waals surface area contributed by atoms with E-state index in [1.54, 1.807) is 0 Å². The molecule has 0 aromatic carbocycles. The van der Waals surface area contributed by atoms with Gasteiger partial charge < -0.3 is 0 Å². The highest BCUT2D eigenvalue weighted by molar-refractivity contribution is 4.72. The molecule has 0 radical (unpaired) electrons. The first-order valence-electron chi connectivity index (χ1n) is 6.91. The molecule has 0 N–H and O–H groups in total. The average molecular weight is 212 g/mol. The summed E-state index contributed by atoms with van der Waals surface area (Å²) in [5.41, 5.74) is 0.554. The maximum atomic E-state index is 2.45. The summed E-state index contributed by atoms with van der Waals surface area (Å²) in [4.78, 5) is 0. The maximum absolute atomic E-state index is 2.45. The Morgan fingerprint density at radius 3 is 2.00 bits per heavy atom. The molecule has 0 aliphatic heterocycles. The van der Waals surface area contributed by atoms with Crippen molar-refractivity contribution in [1.82, 2.24) is 0 Å². The van der Waals surface area contributed by atoms with E-state index in [4.69, 9.17) is 0 Å². The van der Waals surface area contributed by atoms with E-state index >= 15 is 0 Å². The van der Waals surface area contributed by atoms with Gasteiger partial charge in [-0.05, 0) is 30.1 Å². The van der Waals surface area contributed by atoms with Crippen molar-refractivity contribution in [3.63, 3.8) is 0 Å². The fraction of sp³-hybridized carbons (Fsp3) is 1.00. The summed E-state index contributed by atoms with van der Waals surface area (Å²) in [7, 11) is 0. The van der Waals surface area contributed by atoms with E-state index in [0.29, 0.717) is 5.41 Å². The molecule has 0 aromatic heterocycles. The van der Waals surface area contributed by atoms with Crippen molar-refractivity contribution in [3.05, 3.63) is 0 Å². The Morgan fingerprint density at radius 2 is 1.53 bits per heavy atom. The molecule has 0 fully saturated rings. The maximum Gasteiger partial charge on any atom is -0.0352 e. The second kappa shape index (κ2) is 7.30. The highest BCUT2D eigenvalue weighted by atomic mass is 14.3. The molecule has 0 aliphatic carbocycles. The van der Waals surface area contributed by atoms with Crippen molar-refractivity contribution in [2.24, 2.45) is 17.3 Å². The molecule has 15 heavy (non-hydrogen) atoms. The Bertz CT molecular complexity index is 146. The van der Waals surface area contributed by atoms with E-state index in [2.05, 4.69) is 41.5 Å². The summed E-state index contributed by atoms with van der Waals surface area (Å²) < 4.78 is 0. The minimum absolute atomic E-state index is 0.554. The van der Waals surface area contributed by atoms with Gasteiger partial charge in [0.25, 0.3) is 0 Å². The van der Waals surface area contributed by atoms with Gasteiger partial charge in [-0.15, -0.1) is 0 Å². The molecule has 0 rings (SSSR count). The van der Waals surface area contributed by atoms with Crippen LogP contribution in [0.25, 0.3) is 0 Å². The first-order valence-corrected chi connectivity index (χ1v) is 6.91. The topological polar surface area (TPSA) is 0 Å². The van der Waals surface area contributed by atoms with Crippen LogP contribution in [-0.2, 0) is 0 Å². The van der Waals surface area contributed by atoms with Gasteiger partial charge in [0.1, 0.15) is 0 Å². The molecule has 0 saturated heterocycles. The molecule has 2 atom stereocenters. The number of hydrogen-bond acceptors (Lipinski definition) is 0. The molecule has 92 valence electrons. The summed E-state index contributed by atoms with van der Waals surface area (Å²) >= 11 is 0. The largest absolute Gasteiger partial charge is 0.0654 e. The van der Waals surface area contributed by atoms with Gasteiger partial charge in [0, 0.05) is 0 Å². The fourth-order valence-corrected chi connectivity index (χ4v) is 2.48. The summed E-state index contributed by atoms with van der Waals surface area (Å²) in [5.74, 6) is 1.81. The van der Waals surface area contributed by atoms with Crippen LogP contribution in [0.2, 0.25) is 0 Å². The van der Waals surface area contributed by atoms with E-state index < -0.39 is 0 Å². The second-order valence-corrected chi connectivity index (χ2v) is 6.31. The zero-order chi connectivity index (χ0) is 11.9. The van der Waals surface area contributed by atoms with Gasteiger partial charge in [0.15, 0.2) is 0 Å². The van der Waals surface area contributed by atoms with Crippen molar-refractivity contribution in [2.45, 2.75) is 80.1 Å². The lowest BCUT2D eigenvalue weighted by atomic mass is 9.77. The Hall–Kier alpha value is 0. The second-order valence-electron chi connectivity index (χ2n) is 6.31. The van der Waals surface area contributed by atoms with Crippen LogP contribution in [-0.4, -0.2) is 0 Å². The Balaban J connectivity index is 3.84. The van der Waals surface area contributed by atoms with Gasteiger partial charge in [-0.3, -0.25) is 0 Å². The van der Waals surface area contributed by atoms with Gasteiger partial charge in [-0.25, -0.2) is 0 Å². The van der Waals surface area contributed by atoms with Crippen molar-refractivity contribution < 1.29 is 0 Å². The predicted molar refractivity (Wildman–Crippen MR) is 71.2 cm³/mol. The minimum atomic E-state index is 0.554. The Kier molecular flexibility index (Phi) is 7.30. The van der Waals surface area contributed by atoms with Crippen LogP contribution in [0.1, 0.15) is 80.1 Å². The van der Waals surface area contributed by atoms with Crippen molar-refractivity contribution in [1.29, 1.82) is 0 Å². The molecule has 0 bridgehead atoms. The van der Waals surface area contributed by atoms with Crippen LogP contribution in [0.4, 0.5) is 0 Å². The van der Waals surface area contributed by atoms with E-state index in [1.165, 1.54) is 38.5 Å². The van der Waals surface area contributed by atoms with Crippen LogP contribution in [0.3, 0.4) is 0 Å². The van der Waals surface area contributed by atoms with Gasteiger partial charge in [0.2, 0.25) is 0 Å². The molecular formula is C15H32. The summed E-state index contributed by atoms with van der Waals surface area (Å²) in [6, 6.07) is 0. The molecule has 0 spiro atoms. The third kappa shape index (κ3) is 7.88. The lowest BCUT2D eigenvalue weighted by molar-refractivity contribution is 0.229. The molecule has 0 heteroatoms. The predicted octanol–water partition coefficient (Wildman–Crippen LogP) is 5.67. The van der Waals surface area contributed by atoms with E-state index in [0.717, 1.165) is 11.8 Å². The normalized spacial score (nSPS) is 16.4. The van der Waals surface area contributed by atoms with Crippen LogP contribution in [0, 0.1) is 17.3 Å². The molecular weight excluding hydrogens is 180 g/mol. The number of hydrogen-bond donors (Lipinski definition) is 0. The first kappa shape index (κ1) is 15.0. The average Bonchev–Trinajstić information content (AvgIpc) is 2.13. The van der Waals surface area contributed by atoms with Gasteiger partial charge in [0.05, 0.1) is 0 Å². The van der Waals surface area contributed by atoms with Gasteiger partial charge in [-0.2, -0.15) is 0 Å². The zero-order valence-electron chi connectivity index (χ0n) is 11.9. The molecule has 0 aromatic rings. The molecule has 0 nitrogen and oxygen atoms in total. The number of rotatable bonds is 8. The van der Waals surface area contributed by atoms with Crippen molar-refractivity contribution in [3.8, 4) is 0 Å². The van der Waals surface area contributed by atoms with Gasteiger partial charge in [-0.1, -0.05) is 67.2 Å². The third-order valence-corrected chi connectivity index (χ3v) is 3.69. The van der Waals surface area contributed by atoms with Crippen LogP contribution < -0.4 is 0 Å². The third-order valence-electron chi connectivity index (χ3n) is 3.69. The standard InChI is InChI=1S/C15H32/c1-7-9-14(4)12-15(5,6)11-10-13(3)8-2/h13-14H,7-12H2,1-6H3. The summed E-state index contributed by atoms with van der Waals surface area (Å²) in [6.07, 6.45) is 8.27. The lowest BCUT2D eigenvalue weighted by Gasteiger charge is -2.29. The minimum Gasteiger partial charge on any atom is -0.0654 e. The first-order chi connectivity index (χ1) is 6.91. The van der Waals surface area contributed by atoms with Crippen LogP contribution >= 0.6 is 0 Å². The Morgan fingerprint density at radius 1 is 0.933 bits per heavy atom. The SMILES string of the molecule is CCCC(C)CC(C)(C)CCC(C)CC. The molecule has 0 saturated carbocycles. The van der Waals surface area contributed by atoms with E-state index in [9.17, 15) is 0 Å².